The Labute approximate surface area is 142 Å². The van der Waals surface area contributed by atoms with Gasteiger partial charge < -0.3 is 39.5 Å². The second-order valence-corrected chi connectivity index (χ2v) is 5.58. The van der Waals surface area contributed by atoms with E-state index in [1.807, 2.05) is 0 Å². The van der Waals surface area contributed by atoms with E-state index in [0.717, 1.165) is 0 Å². The molecule has 0 aliphatic carbocycles. The van der Waals surface area contributed by atoms with Crippen LogP contribution in [0.2, 0.25) is 0 Å². The SMILES string of the molecule is NCCCC(O)(OP(=O)([O-])[O-])P(=O)(O)O.[Na+].[Na+]. The van der Waals surface area contributed by atoms with Crippen molar-refractivity contribution in [3.05, 3.63) is 0 Å². The van der Waals surface area contributed by atoms with Crippen LogP contribution in [0.5, 0.6) is 0 Å². The van der Waals surface area contributed by atoms with E-state index in [1.54, 1.807) is 0 Å². The second kappa shape index (κ2) is 9.18. The van der Waals surface area contributed by atoms with Crippen LogP contribution in [0.25, 0.3) is 0 Å². The maximum atomic E-state index is 10.7. The zero-order chi connectivity index (χ0) is 12.3. The largest absolute Gasteiger partial charge is 1.00 e. The number of phosphoric acid groups is 1. The van der Waals surface area contributed by atoms with E-state index in [-0.39, 0.29) is 72.1 Å². The molecule has 1 unspecified atom stereocenters. The van der Waals surface area contributed by atoms with Gasteiger partial charge in [0.15, 0.2) is 0 Å². The van der Waals surface area contributed by atoms with Gasteiger partial charge in [-0.15, -0.1) is 0 Å². The Kier molecular flexibility index (Phi) is 13.1. The average molecular weight is 309 g/mol. The van der Waals surface area contributed by atoms with Crippen molar-refractivity contribution in [1.82, 2.24) is 0 Å². The molecule has 5 N–H and O–H groups in total. The number of nitrogens with two attached hydrogens (primary N) is 1. The van der Waals surface area contributed by atoms with Crippen molar-refractivity contribution in [2.24, 2.45) is 5.73 Å². The minimum Gasteiger partial charge on any atom is -0.790 e. The van der Waals surface area contributed by atoms with Gasteiger partial charge >= 0.3 is 66.7 Å². The van der Waals surface area contributed by atoms with E-state index in [2.05, 4.69) is 4.52 Å². The first-order chi connectivity index (χ1) is 6.52. The quantitative estimate of drug-likeness (QED) is 0.211. The Balaban J connectivity index is -0.000000980. The molecule has 0 aliphatic heterocycles. The number of rotatable bonds is 6. The van der Waals surface area contributed by atoms with Gasteiger partial charge in [0.05, 0.1) is 7.82 Å². The summed E-state index contributed by atoms with van der Waals surface area (Å²) in [7, 11) is -11.0. The van der Waals surface area contributed by atoms with Crippen LogP contribution in [-0.4, -0.2) is 27.0 Å². The summed E-state index contributed by atoms with van der Waals surface area (Å²) in [4.78, 5) is 37.6. The Hall–Kier alpha value is 2.18. The molecule has 1 atom stereocenters. The topological polar surface area (TPSA) is 176 Å². The minimum absolute atomic E-state index is 0. The van der Waals surface area contributed by atoms with E-state index in [0.29, 0.717) is 0 Å². The predicted octanol–water partition coefficient (Wildman–Crippen LogP) is -8.60. The van der Waals surface area contributed by atoms with Gasteiger partial charge in [-0.1, -0.05) is 0 Å². The van der Waals surface area contributed by atoms with E-state index >= 15 is 0 Å². The molecule has 0 rings (SSSR count). The van der Waals surface area contributed by atoms with Crippen LogP contribution in [0, 0.1) is 0 Å². The molecule has 0 amide bonds. The molecule has 0 spiro atoms. The third-order valence-corrected chi connectivity index (χ3v) is 3.31. The molecule has 92 valence electrons. The van der Waals surface area contributed by atoms with E-state index < -0.39 is 27.4 Å². The van der Waals surface area contributed by atoms with E-state index in [1.165, 1.54) is 0 Å². The first-order valence-corrected chi connectivity index (χ1v) is 6.80. The van der Waals surface area contributed by atoms with E-state index in [9.17, 15) is 24.0 Å². The molecule has 0 saturated heterocycles. The number of hydrogen-bond donors (Lipinski definition) is 4. The molecule has 0 aromatic carbocycles. The number of phosphoric ester groups is 1. The molecule has 0 aliphatic rings. The van der Waals surface area contributed by atoms with Crippen molar-refractivity contribution in [2.45, 2.75) is 18.4 Å². The van der Waals surface area contributed by atoms with Gasteiger partial charge in [-0.2, -0.15) is 0 Å². The zero-order valence-electron chi connectivity index (χ0n) is 9.48. The van der Waals surface area contributed by atoms with Gasteiger partial charge in [-0.25, -0.2) is 0 Å². The molecule has 9 nitrogen and oxygen atoms in total. The van der Waals surface area contributed by atoms with Gasteiger partial charge in [0.2, 0.25) is 0 Å². The molecule has 0 saturated carbocycles. The normalized spacial score (nSPS) is 15.4. The zero-order valence-corrected chi connectivity index (χ0v) is 15.3. The summed E-state index contributed by atoms with van der Waals surface area (Å²) in [6.45, 7) is -0.0618. The molecule has 0 aromatic heterocycles. The molecule has 13 heteroatoms. The van der Waals surface area contributed by atoms with Crippen LogP contribution < -0.4 is 74.6 Å². The fourth-order valence-electron chi connectivity index (χ4n) is 0.756. The summed E-state index contributed by atoms with van der Waals surface area (Å²) < 4.78 is 24.4. The summed E-state index contributed by atoms with van der Waals surface area (Å²) in [6, 6.07) is 0. The van der Waals surface area contributed by atoms with Gasteiger partial charge in [0.1, 0.15) is 0 Å². The van der Waals surface area contributed by atoms with Crippen molar-refractivity contribution in [3.63, 3.8) is 0 Å². The second-order valence-electron chi connectivity index (χ2n) is 2.72. The fraction of sp³-hybridized carbons (Fsp3) is 1.00. The van der Waals surface area contributed by atoms with Crippen molar-refractivity contribution in [3.8, 4) is 0 Å². The van der Waals surface area contributed by atoms with Crippen molar-refractivity contribution >= 4 is 15.4 Å². The van der Waals surface area contributed by atoms with Crippen LogP contribution in [-0.2, 0) is 13.7 Å². The third kappa shape index (κ3) is 9.67. The van der Waals surface area contributed by atoms with Crippen LogP contribution in [0.1, 0.15) is 12.8 Å². The Morgan fingerprint density at radius 2 is 1.65 bits per heavy atom. The van der Waals surface area contributed by atoms with Gasteiger partial charge in [0.25, 0.3) is 5.53 Å². The molecule has 0 aromatic rings. The third-order valence-electron chi connectivity index (χ3n) is 1.42. The first-order valence-electron chi connectivity index (χ1n) is 3.73. The molecular formula is C4H11NNa2O8P2. The maximum absolute atomic E-state index is 10.7. The number of hydrogen-bond acceptors (Lipinski definition) is 7. The predicted molar refractivity (Wildman–Crippen MR) is 44.0 cm³/mol. The van der Waals surface area contributed by atoms with Crippen LogP contribution in [0.15, 0.2) is 0 Å². The van der Waals surface area contributed by atoms with Crippen LogP contribution in [0.3, 0.4) is 0 Å². The van der Waals surface area contributed by atoms with Gasteiger partial charge in [-0.05, 0) is 13.0 Å². The molecule has 0 heterocycles. The first kappa shape index (κ1) is 24.2. The summed E-state index contributed by atoms with van der Waals surface area (Å²) in [5.41, 5.74) is 1.67. The van der Waals surface area contributed by atoms with E-state index in [4.69, 9.17) is 15.5 Å². The summed E-state index contributed by atoms with van der Waals surface area (Å²) >= 11 is 0. The van der Waals surface area contributed by atoms with Crippen molar-refractivity contribution < 1.29 is 97.4 Å². The molecule has 0 fully saturated rings. The van der Waals surface area contributed by atoms with Gasteiger partial charge in [-0.3, -0.25) is 4.57 Å². The average Bonchev–Trinajstić information content (AvgIpc) is 1.95. The number of aliphatic hydroxyl groups is 1. The Morgan fingerprint density at radius 1 is 1.24 bits per heavy atom. The molecule has 0 radical (unpaired) electrons. The fourth-order valence-corrected chi connectivity index (χ4v) is 2.38. The Morgan fingerprint density at radius 3 is 1.88 bits per heavy atom. The smallest absolute Gasteiger partial charge is 0.790 e. The van der Waals surface area contributed by atoms with Crippen LogP contribution in [0.4, 0.5) is 0 Å². The monoisotopic (exact) mass is 309 g/mol. The maximum Gasteiger partial charge on any atom is 1.00 e. The summed E-state index contributed by atoms with van der Waals surface area (Å²) in [5, 5.41) is 9.20. The van der Waals surface area contributed by atoms with Crippen molar-refractivity contribution in [1.29, 1.82) is 0 Å². The van der Waals surface area contributed by atoms with Crippen molar-refractivity contribution in [2.75, 3.05) is 6.54 Å². The standard InChI is InChI=1S/C4H13NO8P2.2Na/c5-3-1-2-4(6,14(7,8)9)13-15(10,11)12;;/h6H,1-3,5H2,(H2,7,8,9)(H2,10,11,12);;/q;2*+1/p-2. The van der Waals surface area contributed by atoms with Crippen LogP contribution >= 0.6 is 15.4 Å². The van der Waals surface area contributed by atoms with Gasteiger partial charge in [0, 0.05) is 6.42 Å². The summed E-state index contributed by atoms with van der Waals surface area (Å²) in [5.74, 6) is 0. The Bertz CT molecular complexity index is 304. The molecular weight excluding hydrogens is 298 g/mol. The minimum atomic E-state index is -5.71. The summed E-state index contributed by atoms with van der Waals surface area (Å²) in [6.07, 6.45) is -0.885. The molecule has 17 heavy (non-hydrogen) atoms. The molecule has 0 bridgehead atoms.